The molecule has 2 atom stereocenters. The molecule has 1 aromatic carbocycles. The normalized spacial score (nSPS) is 24.7. The van der Waals surface area contributed by atoms with Gasteiger partial charge in [0.2, 0.25) is 5.91 Å². The lowest BCUT2D eigenvalue weighted by Crippen LogP contribution is -2.40. The number of carbonyl (C=O) groups is 3. The molecule has 7 heteroatoms. The van der Waals surface area contributed by atoms with Crippen LogP contribution in [0.5, 0.6) is 0 Å². The summed E-state index contributed by atoms with van der Waals surface area (Å²) in [5, 5.41) is 11.1. The summed E-state index contributed by atoms with van der Waals surface area (Å²) >= 11 is 0. The van der Waals surface area contributed by atoms with Gasteiger partial charge in [0.1, 0.15) is 5.54 Å². The second-order valence-corrected chi connectivity index (χ2v) is 7.43. The molecular formula is C19H26N4O3. The Kier molecular flexibility index (Phi) is 5.27. The van der Waals surface area contributed by atoms with Crippen molar-refractivity contribution in [2.45, 2.75) is 38.6 Å². The van der Waals surface area contributed by atoms with Crippen LogP contribution in [-0.2, 0) is 15.1 Å². The van der Waals surface area contributed by atoms with Crippen LogP contribution >= 0.6 is 0 Å². The number of rotatable bonds is 5. The van der Waals surface area contributed by atoms with Gasteiger partial charge in [-0.25, -0.2) is 4.79 Å². The Morgan fingerprint density at radius 2 is 2.04 bits per heavy atom. The van der Waals surface area contributed by atoms with Gasteiger partial charge in [-0.3, -0.25) is 14.9 Å². The van der Waals surface area contributed by atoms with Gasteiger partial charge in [-0.2, -0.15) is 0 Å². The molecule has 0 bridgehead atoms. The van der Waals surface area contributed by atoms with E-state index in [1.165, 1.54) is 0 Å². The fourth-order valence-corrected chi connectivity index (χ4v) is 3.74. The maximum absolute atomic E-state index is 12.4. The molecule has 2 aliphatic rings. The van der Waals surface area contributed by atoms with Gasteiger partial charge in [-0.05, 0) is 62.4 Å². The van der Waals surface area contributed by atoms with Crippen molar-refractivity contribution in [1.29, 1.82) is 0 Å². The zero-order chi connectivity index (χ0) is 18.7. The standard InChI is InChI=1S/C19H26N4O3/c1-12(13-6-8-20-9-7-13)10-16(24)21-15-5-3-4-14(11-15)19(2)17(25)22-18(26)23-19/h3-5,11-13,20H,6-10H2,1-2H3,(H,21,24)(H2,22,23,25,26). The largest absolute Gasteiger partial charge is 0.326 e. The number of amides is 4. The monoisotopic (exact) mass is 358 g/mol. The maximum atomic E-state index is 12.4. The molecule has 2 saturated heterocycles. The summed E-state index contributed by atoms with van der Waals surface area (Å²) < 4.78 is 0. The molecule has 7 nitrogen and oxygen atoms in total. The van der Waals surface area contributed by atoms with Gasteiger partial charge in [0.15, 0.2) is 0 Å². The second kappa shape index (κ2) is 7.45. The van der Waals surface area contributed by atoms with Gasteiger partial charge in [0.05, 0.1) is 0 Å². The molecular weight excluding hydrogens is 332 g/mol. The molecule has 0 aliphatic carbocycles. The van der Waals surface area contributed by atoms with E-state index in [0.29, 0.717) is 29.5 Å². The average molecular weight is 358 g/mol. The van der Waals surface area contributed by atoms with Gasteiger partial charge in [0, 0.05) is 12.1 Å². The Morgan fingerprint density at radius 1 is 1.31 bits per heavy atom. The highest BCUT2D eigenvalue weighted by atomic mass is 16.2. The lowest BCUT2D eigenvalue weighted by Gasteiger charge is -2.28. The predicted octanol–water partition coefficient (Wildman–Crippen LogP) is 1.71. The van der Waals surface area contributed by atoms with Crippen LogP contribution in [0, 0.1) is 11.8 Å². The molecule has 1 aromatic rings. The minimum absolute atomic E-state index is 0.0294. The highest BCUT2D eigenvalue weighted by Gasteiger charge is 2.43. The first-order valence-corrected chi connectivity index (χ1v) is 9.13. The number of nitrogens with one attached hydrogen (secondary N) is 4. The van der Waals surface area contributed by atoms with Crippen LogP contribution in [0.1, 0.15) is 38.7 Å². The molecule has 2 unspecified atom stereocenters. The van der Waals surface area contributed by atoms with E-state index in [1.807, 2.05) is 0 Å². The maximum Gasteiger partial charge on any atom is 0.322 e. The summed E-state index contributed by atoms with van der Waals surface area (Å²) in [5.41, 5.74) is 0.130. The van der Waals surface area contributed by atoms with Crippen LogP contribution in [-0.4, -0.2) is 30.9 Å². The smallest absolute Gasteiger partial charge is 0.322 e. The van der Waals surface area contributed by atoms with E-state index in [9.17, 15) is 14.4 Å². The van der Waals surface area contributed by atoms with Gasteiger partial charge in [0.25, 0.3) is 5.91 Å². The highest BCUT2D eigenvalue weighted by molar-refractivity contribution is 6.07. The Morgan fingerprint density at radius 3 is 2.69 bits per heavy atom. The van der Waals surface area contributed by atoms with Crippen LogP contribution in [0.25, 0.3) is 0 Å². The minimum Gasteiger partial charge on any atom is -0.326 e. The van der Waals surface area contributed by atoms with Crippen molar-refractivity contribution in [3.63, 3.8) is 0 Å². The van der Waals surface area contributed by atoms with Crippen LogP contribution < -0.4 is 21.3 Å². The fraction of sp³-hybridized carbons (Fsp3) is 0.526. The van der Waals surface area contributed by atoms with E-state index < -0.39 is 17.5 Å². The third-order valence-corrected chi connectivity index (χ3v) is 5.46. The predicted molar refractivity (Wildman–Crippen MR) is 98.5 cm³/mol. The summed E-state index contributed by atoms with van der Waals surface area (Å²) in [6, 6.07) is 6.54. The lowest BCUT2D eigenvalue weighted by atomic mass is 9.84. The summed E-state index contributed by atoms with van der Waals surface area (Å²) in [7, 11) is 0. The van der Waals surface area contributed by atoms with Crippen molar-refractivity contribution < 1.29 is 14.4 Å². The quantitative estimate of drug-likeness (QED) is 0.602. The molecule has 4 N–H and O–H groups in total. The van der Waals surface area contributed by atoms with Gasteiger partial charge in [-0.1, -0.05) is 19.1 Å². The first-order valence-electron chi connectivity index (χ1n) is 9.13. The van der Waals surface area contributed by atoms with Gasteiger partial charge >= 0.3 is 6.03 Å². The molecule has 140 valence electrons. The first-order chi connectivity index (χ1) is 12.4. The van der Waals surface area contributed by atoms with E-state index in [-0.39, 0.29) is 5.91 Å². The number of anilines is 1. The molecule has 0 saturated carbocycles. The Labute approximate surface area is 153 Å². The second-order valence-electron chi connectivity index (χ2n) is 7.43. The van der Waals surface area contributed by atoms with Gasteiger partial charge < -0.3 is 16.0 Å². The van der Waals surface area contributed by atoms with Crippen LogP contribution in [0.4, 0.5) is 10.5 Å². The van der Waals surface area contributed by atoms with Crippen LogP contribution in [0.2, 0.25) is 0 Å². The number of carbonyl (C=O) groups excluding carboxylic acids is 3. The molecule has 3 rings (SSSR count). The molecule has 2 heterocycles. The first kappa shape index (κ1) is 18.4. The summed E-state index contributed by atoms with van der Waals surface area (Å²) in [5.74, 6) is 0.478. The summed E-state index contributed by atoms with van der Waals surface area (Å²) in [4.78, 5) is 36.0. The van der Waals surface area contributed by atoms with Crippen molar-refractivity contribution in [1.82, 2.24) is 16.0 Å². The van der Waals surface area contributed by atoms with Crippen molar-refractivity contribution >= 4 is 23.5 Å². The van der Waals surface area contributed by atoms with Gasteiger partial charge in [-0.15, -0.1) is 0 Å². The SMILES string of the molecule is CC(CC(=O)Nc1cccc(C2(C)NC(=O)NC2=O)c1)C1CCNCC1. The minimum atomic E-state index is -1.12. The zero-order valence-corrected chi connectivity index (χ0v) is 15.2. The van der Waals surface area contributed by atoms with E-state index in [4.69, 9.17) is 0 Å². The molecule has 2 aliphatic heterocycles. The number of imide groups is 1. The van der Waals surface area contributed by atoms with Crippen molar-refractivity contribution in [3.8, 4) is 0 Å². The summed E-state index contributed by atoms with van der Waals surface area (Å²) in [6.07, 6.45) is 2.69. The van der Waals surface area contributed by atoms with E-state index in [2.05, 4.69) is 28.2 Å². The van der Waals surface area contributed by atoms with Crippen LogP contribution in [0.15, 0.2) is 24.3 Å². The molecule has 0 spiro atoms. The van der Waals surface area contributed by atoms with Crippen molar-refractivity contribution in [3.05, 3.63) is 29.8 Å². The number of urea groups is 1. The molecule has 0 radical (unpaired) electrons. The molecule has 4 amide bonds. The lowest BCUT2D eigenvalue weighted by molar-refractivity contribution is -0.123. The Hall–Kier alpha value is -2.41. The van der Waals surface area contributed by atoms with Crippen molar-refractivity contribution in [2.24, 2.45) is 11.8 Å². The topological polar surface area (TPSA) is 99.3 Å². The van der Waals surface area contributed by atoms with E-state index >= 15 is 0 Å². The number of hydrogen-bond donors (Lipinski definition) is 4. The van der Waals surface area contributed by atoms with E-state index in [0.717, 1.165) is 25.9 Å². The number of benzene rings is 1. The third kappa shape index (κ3) is 3.88. The Balaban J connectivity index is 1.64. The zero-order valence-electron chi connectivity index (χ0n) is 15.2. The fourth-order valence-electron chi connectivity index (χ4n) is 3.74. The Bertz CT molecular complexity index is 714. The summed E-state index contributed by atoms with van der Waals surface area (Å²) in [6.45, 7) is 5.81. The van der Waals surface area contributed by atoms with E-state index in [1.54, 1.807) is 31.2 Å². The molecule has 0 aromatic heterocycles. The third-order valence-electron chi connectivity index (χ3n) is 5.46. The average Bonchev–Trinajstić information content (AvgIpc) is 2.89. The van der Waals surface area contributed by atoms with Crippen LogP contribution in [0.3, 0.4) is 0 Å². The number of piperidine rings is 1. The van der Waals surface area contributed by atoms with Crippen molar-refractivity contribution in [2.75, 3.05) is 18.4 Å². The highest BCUT2D eigenvalue weighted by Crippen LogP contribution is 2.27. The number of hydrogen-bond acceptors (Lipinski definition) is 4. The molecule has 26 heavy (non-hydrogen) atoms. The molecule has 2 fully saturated rings.